The van der Waals surface area contributed by atoms with Crippen molar-refractivity contribution in [3.63, 3.8) is 0 Å². The highest BCUT2D eigenvalue weighted by Gasteiger charge is 2.43. The van der Waals surface area contributed by atoms with Crippen molar-refractivity contribution in [3.8, 4) is 6.07 Å². The van der Waals surface area contributed by atoms with Gasteiger partial charge in [-0.05, 0) is 17.9 Å². The summed E-state index contributed by atoms with van der Waals surface area (Å²) >= 11 is 0. The maximum absolute atomic E-state index is 13.7. The lowest BCUT2D eigenvalue weighted by molar-refractivity contribution is -0.141. The molecule has 0 bridgehead atoms. The largest absolute Gasteiger partial charge is 0.465 e. The number of hydrogen-bond acceptors (Lipinski definition) is 6. The molecule has 0 N–H and O–H groups in total. The van der Waals surface area contributed by atoms with Gasteiger partial charge < -0.3 is 4.74 Å². The third-order valence-electron chi connectivity index (χ3n) is 3.94. The molecule has 0 aliphatic rings. The molecule has 0 unspecified atom stereocenters. The summed E-state index contributed by atoms with van der Waals surface area (Å²) in [5.74, 6) is -3.16. The molecule has 2 rings (SSSR count). The van der Waals surface area contributed by atoms with E-state index in [1.54, 1.807) is 19.9 Å². The van der Waals surface area contributed by atoms with Gasteiger partial charge in [-0.2, -0.15) is 23.5 Å². The Kier molecular flexibility index (Phi) is 6.54. The molecule has 0 atom stereocenters. The van der Waals surface area contributed by atoms with E-state index in [1.165, 1.54) is 0 Å². The van der Waals surface area contributed by atoms with Gasteiger partial charge in [-0.25, -0.2) is 23.2 Å². The summed E-state index contributed by atoms with van der Waals surface area (Å²) in [7, 11) is 0.864. The second kappa shape index (κ2) is 8.56. The number of carbonyl (C=O) groups excluding carboxylic acids is 2. The number of methoxy groups -OCH3 is 1. The Morgan fingerprint density at radius 3 is 2.33 bits per heavy atom. The molecule has 30 heavy (non-hydrogen) atoms. The number of aromatic nitrogens is 3. The van der Waals surface area contributed by atoms with Crippen molar-refractivity contribution in [3.05, 3.63) is 46.0 Å². The highest BCUT2D eigenvalue weighted by Crippen LogP contribution is 2.38. The second-order valence-corrected chi connectivity index (χ2v) is 6.55. The molecule has 7 nitrogen and oxygen atoms in total. The van der Waals surface area contributed by atoms with Gasteiger partial charge in [0.05, 0.1) is 36.2 Å². The quantitative estimate of drug-likeness (QED) is 0.529. The van der Waals surface area contributed by atoms with E-state index in [0.29, 0.717) is 4.68 Å². The van der Waals surface area contributed by atoms with Gasteiger partial charge in [0, 0.05) is 0 Å². The van der Waals surface area contributed by atoms with Gasteiger partial charge >= 0.3 is 12.1 Å². The monoisotopic (exact) mass is 430 g/mol. The van der Waals surface area contributed by atoms with Gasteiger partial charge in [0.15, 0.2) is 5.69 Å². The minimum atomic E-state index is -5.29. The normalized spacial score (nSPS) is 11.6. The van der Waals surface area contributed by atoms with Gasteiger partial charge in [-0.3, -0.25) is 4.79 Å². The highest BCUT2D eigenvalue weighted by atomic mass is 19.4. The summed E-state index contributed by atoms with van der Waals surface area (Å²) in [5.41, 5.74) is -6.00. The van der Waals surface area contributed by atoms with Crippen LogP contribution in [0.5, 0.6) is 0 Å². The molecule has 2 heterocycles. The second-order valence-electron chi connectivity index (χ2n) is 6.55. The maximum Gasteiger partial charge on any atom is 0.434 e. The standard InChI is InChI=1S/C18H15F5N4O3/c1-8(2)4-10-11(17(29)30-3)13(15(19)20)26-14(18(21,22)23)12(10)16(28)27-7-9(5-24)6-25-27/h6-8,15H,4H2,1-3H3. The van der Waals surface area contributed by atoms with Gasteiger partial charge in [0.25, 0.3) is 12.3 Å². The first-order chi connectivity index (χ1) is 13.9. The van der Waals surface area contributed by atoms with Crippen LogP contribution in [0.4, 0.5) is 22.0 Å². The number of esters is 1. The molecule has 12 heteroatoms. The number of ether oxygens (including phenoxy) is 1. The Balaban J connectivity index is 2.99. The van der Waals surface area contributed by atoms with Crippen LogP contribution in [0.3, 0.4) is 0 Å². The van der Waals surface area contributed by atoms with Crippen LogP contribution in [0.1, 0.15) is 63.5 Å². The molecule has 0 amide bonds. The average Bonchev–Trinajstić information content (AvgIpc) is 3.13. The topological polar surface area (TPSA) is 97.9 Å². The first-order valence-electron chi connectivity index (χ1n) is 8.42. The summed E-state index contributed by atoms with van der Waals surface area (Å²) in [6.45, 7) is 3.12. The Hall–Kier alpha value is -3.36. The van der Waals surface area contributed by atoms with Crippen molar-refractivity contribution in [1.29, 1.82) is 5.26 Å². The van der Waals surface area contributed by atoms with Gasteiger partial charge in [0.1, 0.15) is 11.8 Å². The molecule has 0 fully saturated rings. The molecule has 0 aromatic carbocycles. The summed E-state index contributed by atoms with van der Waals surface area (Å²) in [4.78, 5) is 28.1. The summed E-state index contributed by atoms with van der Waals surface area (Å²) in [5, 5.41) is 12.4. The fraction of sp³-hybridized carbons (Fsp3) is 0.389. The van der Waals surface area contributed by atoms with Crippen LogP contribution >= 0.6 is 0 Å². The Bertz CT molecular complexity index is 1020. The fourth-order valence-corrected chi connectivity index (χ4v) is 2.80. The third kappa shape index (κ3) is 4.45. The first-order valence-corrected chi connectivity index (χ1v) is 8.42. The van der Waals surface area contributed by atoms with Crippen molar-refractivity contribution in [2.45, 2.75) is 32.9 Å². The van der Waals surface area contributed by atoms with E-state index in [1.807, 2.05) is 0 Å². The lowest BCUT2D eigenvalue weighted by atomic mass is 9.90. The van der Waals surface area contributed by atoms with Crippen molar-refractivity contribution in [1.82, 2.24) is 14.8 Å². The Labute approximate surface area is 167 Å². The van der Waals surface area contributed by atoms with Crippen molar-refractivity contribution in [2.24, 2.45) is 5.92 Å². The van der Waals surface area contributed by atoms with E-state index < -0.39 is 58.5 Å². The molecule has 0 aliphatic heterocycles. The summed E-state index contributed by atoms with van der Waals surface area (Å²) in [6, 6.07) is 1.66. The molecule has 2 aromatic heterocycles. The predicted octanol–water partition coefficient (Wildman–Crippen LogP) is 3.78. The minimum absolute atomic E-state index is 0.118. The summed E-state index contributed by atoms with van der Waals surface area (Å²) in [6.07, 6.45) is -7.34. The fourth-order valence-electron chi connectivity index (χ4n) is 2.80. The van der Waals surface area contributed by atoms with Crippen molar-refractivity contribution in [2.75, 3.05) is 7.11 Å². The van der Waals surface area contributed by atoms with Crippen molar-refractivity contribution >= 4 is 11.9 Å². The molecule has 2 aromatic rings. The zero-order chi connectivity index (χ0) is 22.8. The van der Waals surface area contributed by atoms with E-state index in [-0.39, 0.29) is 12.0 Å². The molecule has 0 aliphatic carbocycles. The minimum Gasteiger partial charge on any atom is -0.465 e. The number of nitrogens with zero attached hydrogens (tertiary/aromatic N) is 4. The SMILES string of the molecule is COC(=O)c1c(C(F)F)nc(C(F)(F)F)c(C(=O)n2cc(C#N)cn2)c1CC(C)C. The first kappa shape index (κ1) is 22.9. The van der Waals surface area contributed by atoms with E-state index in [0.717, 1.165) is 19.5 Å². The number of alkyl halides is 5. The summed E-state index contributed by atoms with van der Waals surface area (Å²) < 4.78 is 73.1. The Morgan fingerprint density at radius 2 is 1.90 bits per heavy atom. The number of rotatable bonds is 5. The molecular formula is C18H15F5N4O3. The van der Waals surface area contributed by atoms with E-state index in [4.69, 9.17) is 5.26 Å². The van der Waals surface area contributed by atoms with Crippen LogP contribution in [0, 0.1) is 17.2 Å². The number of carbonyl (C=O) groups is 2. The number of halogens is 5. The molecule has 160 valence electrons. The zero-order valence-corrected chi connectivity index (χ0v) is 15.9. The van der Waals surface area contributed by atoms with Crippen LogP contribution in [0.15, 0.2) is 12.4 Å². The average molecular weight is 430 g/mol. The highest BCUT2D eigenvalue weighted by molar-refractivity contribution is 6.02. The van der Waals surface area contributed by atoms with Crippen LogP contribution in [0.25, 0.3) is 0 Å². The molecule has 0 saturated heterocycles. The molecule has 0 spiro atoms. The van der Waals surface area contributed by atoms with Crippen LogP contribution in [0.2, 0.25) is 0 Å². The maximum atomic E-state index is 13.7. The van der Waals surface area contributed by atoms with Crippen LogP contribution in [-0.4, -0.2) is 33.8 Å². The third-order valence-corrected chi connectivity index (χ3v) is 3.94. The van der Waals surface area contributed by atoms with Crippen LogP contribution in [-0.2, 0) is 17.3 Å². The predicted molar refractivity (Wildman–Crippen MR) is 90.7 cm³/mol. The number of nitriles is 1. The van der Waals surface area contributed by atoms with Crippen molar-refractivity contribution < 1.29 is 36.3 Å². The Morgan fingerprint density at radius 1 is 1.27 bits per heavy atom. The van der Waals surface area contributed by atoms with Crippen LogP contribution < -0.4 is 0 Å². The lowest BCUT2D eigenvalue weighted by Gasteiger charge is -2.21. The van der Waals surface area contributed by atoms with Gasteiger partial charge in [-0.1, -0.05) is 13.8 Å². The molecule has 0 saturated carbocycles. The van der Waals surface area contributed by atoms with E-state index in [9.17, 15) is 31.5 Å². The lowest BCUT2D eigenvalue weighted by Crippen LogP contribution is -2.27. The smallest absolute Gasteiger partial charge is 0.434 e. The zero-order valence-electron chi connectivity index (χ0n) is 15.9. The van der Waals surface area contributed by atoms with E-state index in [2.05, 4.69) is 14.8 Å². The number of pyridine rings is 1. The van der Waals surface area contributed by atoms with Gasteiger partial charge in [-0.15, -0.1) is 0 Å². The molecule has 0 radical (unpaired) electrons. The number of hydrogen-bond donors (Lipinski definition) is 0. The van der Waals surface area contributed by atoms with Gasteiger partial charge in [0.2, 0.25) is 0 Å². The van der Waals surface area contributed by atoms with E-state index >= 15 is 0 Å². The molecular weight excluding hydrogens is 415 g/mol.